The van der Waals surface area contributed by atoms with Gasteiger partial charge in [0, 0.05) is 48.0 Å². The number of hydrogen-bond donors (Lipinski definition) is 5. The molecule has 1 aliphatic heterocycles. The number of carbonyl (C=O) groups is 3. The second-order valence-corrected chi connectivity index (χ2v) is 24.4. The number of benzene rings is 2. The van der Waals surface area contributed by atoms with Gasteiger partial charge in [0.25, 0.3) is 0 Å². The number of nitrogens with zero attached hydrogens (tertiary/aromatic N) is 1. The van der Waals surface area contributed by atoms with E-state index in [9.17, 15) is 34.2 Å². The summed E-state index contributed by atoms with van der Waals surface area (Å²) in [4.78, 5) is 61.6. The van der Waals surface area contributed by atoms with Crippen LogP contribution in [0.15, 0.2) is 72.3 Å². The number of allylic oxidation sites excluding steroid dienone is 4. The molecule has 1 saturated heterocycles. The van der Waals surface area contributed by atoms with E-state index in [2.05, 4.69) is 43.4 Å². The van der Waals surface area contributed by atoms with Crippen molar-refractivity contribution in [2.24, 2.45) is 34.5 Å². The van der Waals surface area contributed by atoms with E-state index >= 15 is 4.79 Å². The van der Waals surface area contributed by atoms with Crippen LogP contribution >= 0.6 is 7.82 Å². The Hall–Kier alpha value is -3.60. The third-order valence-corrected chi connectivity index (χ3v) is 19.1. The van der Waals surface area contributed by atoms with Crippen molar-refractivity contribution in [2.45, 2.75) is 167 Å². The molecule has 0 bridgehead atoms. The van der Waals surface area contributed by atoms with Gasteiger partial charge in [0.2, 0.25) is 5.78 Å². The van der Waals surface area contributed by atoms with E-state index in [-0.39, 0.29) is 65.1 Å². The van der Waals surface area contributed by atoms with Crippen molar-refractivity contribution in [1.29, 1.82) is 0 Å². The maximum atomic E-state index is 15.2. The van der Waals surface area contributed by atoms with E-state index in [1.807, 2.05) is 26.0 Å². The summed E-state index contributed by atoms with van der Waals surface area (Å²) < 4.78 is 43.3. The first kappa shape index (κ1) is 57.6. The van der Waals surface area contributed by atoms with Crippen LogP contribution in [0.5, 0.6) is 5.75 Å². The van der Waals surface area contributed by atoms with Crippen molar-refractivity contribution in [3.8, 4) is 5.75 Å². The van der Waals surface area contributed by atoms with E-state index in [0.717, 1.165) is 109 Å². The number of nitrogens with one attached hydrogen (secondary N) is 1. The highest BCUT2D eigenvalue weighted by molar-refractivity contribution is 7.46. The first-order valence-corrected chi connectivity index (χ1v) is 29.8. The highest BCUT2D eigenvalue weighted by Crippen LogP contribution is 2.70. The van der Waals surface area contributed by atoms with Crippen molar-refractivity contribution < 1.29 is 66.9 Å². The number of ether oxygens (including phenoxy) is 4. The lowest BCUT2D eigenvalue weighted by Gasteiger charge is -2.59. The number of fused-ring (bicyclic) bond motifs is 7. The van der Waals surface area contributed by atoms with Crippen molar-refractivity contribution in [2.75, 3.05) is 52.5 Å². The van der Waals surface area contributed by atoms with Gasteiger partial charge in [-0.15, -0.1) is 0 Å². The molecule has 10 atom stereocenters. The number of aryl methyl sites for hydroxylation is 1. The number of aliphatic hydroxyl groups is 2. The summed E-state index contributed by atoms with van der Waals surface area (Å²) in [5.41, 5.74) is 0.570. The Morgan fingerprint density at radius 3 is 2.41 bits per heavy atom. The molecule has 0 radical (unpaired) electrons. The van der Waals surface area contributed by atoms with Crippen LogP contribution in [-0.2, 0) is 50.9 Å². The van der Waals surface area contributed by atoms with Gasteiger partial charge in [-0.25, -0.2) is 9.36 Å². The van der Waals surface area contributed by atoms with E-state index in [0.29, 0.717) is 43.6 Å². The Bertz CT molecular complexity index is 2380. The second-order valence-electron chi connectivity index (χ2n) is 23.2. The SMILES string of the molecule is CC[N+](CC)(CC(=O)OCC(=O)[C@@]12O[C@H](C3CCCCC3)O[C@@H]1C[C@H]1[C@@H]3CCC4=CC(=O)C=C[C@]4(C)[C@H]3[C@@H](O)C[C@@]12C)Cc1cc([C@@H](O)CNCCCCCCOCCCCc2ccccc2)ccc1OP(=O)(O)O. The van der Waals surface area contributed by atoms with E-state index in [4.69, 9.17) is 23.5 Å². The van der Waals surface area contributed by atoms with Crippen LogP contribution in [0.25, 0.3) is 0 Å². The maximum Gasteiger partial charge on any atom is 0.524 e. The lowest BCUT2D eigenvalue weighted by atomic mass is 9.46. The fourth-order valence-electron chi connectivity index (χ4n) is 14.5. The lowest BCUT2D eigenvalue weighted by Crippen LogP contribution is -2.64. The zero-order chi connectivity index (χ0) is 53.4. The second kappa shape index (κ2) is 25.0. The molecule has 0 spiro atoms. The molecule has 0 aromatic heterocycles. The van der Waals surface area contributed by atoms with Gasteiger partial charge in [0.05, 0.1) is 31.4 Å². The molecule has 5 N–H and O–H groups in total. The average Bonchev–Trinajstić information content (AvgIpc) is 3.90. The number of phosphoric acid groups is 1. The third-order valence-electron chi connectivity index (χ3n) is 18.6. The third kappa shape index (κ3) is 13.0. The Morgan fingerprint density at radius 2 is 1.68 bits per heavy atom. The standard InChI is InChI=1S/C59H85N2O13P/c1-5-61(6-2,38-44-33-43(24-27-51(44)74-75(67,68)69)50(64)37-60-30-16-7-8-17-31-70-32-18-15-21-41-19-11-9-12-20-41)39-54(66)71-40-52(65)59-53(72-56(73-59)42-22-13-10-14-23-42)35-48-47-26-25-45-34-46(62)28-29-57(45,3)55(47)49(63)36-58(48,59)4/h9,11-12,19-20,24,27-29,33-34,42,47-50,53,55-56,60,63-64H,5-8,10,13-18,21-23,25-26,30-32,35-40H2,1-4H3,(H-,67,68,69)/p+1/t47-,48-,49-,50-,53+,55+,56+,57-,58-,59+/m0/s1. The molecule has 0 amide bonds. The number of hydrogen-bond acceptors (Lipinski definition) is 12. The van der Waals surface area contributed by atoms with E-state index in [1.165, 1.54) is 11.6 Å². The molecule has 5 aliphatic carbocycles. The molecule has 15 nitrogen and oxygen atoms in total. The number of esters is 1. The highest BCUT2D eigenvalue weighted by Gasteiger charge is 2.76. The van der Waals surface area contributed by atoms with E-state index < -0.39 is 61.4 Å². The number of phosphoric ester groups is 1. The van der Waals surface area contributed by atoms with Gasteiger partial charge < -0.3 is 43.5 Å². The summed E-state index contributed by atoms with van der Waals surface area (Å²) in [6.45, 7) is 10.8. The van der Waals surface area contributed by atoms with Crippen LogP contribution in [0.3, 0.4) is 0 Å². The van der Waals surface area contributed by atoms with Crippen molar-refractivity contribution in [1.82, 2.24) is 5.32 Å². The predicted molar refractivity (Wildman–Crippen MR) is 284 cm³/mol. The molecule has 1 heterocycles. The molecule has 2 aromatic rings. The zero-order valence-electron chi connectivity index (χ0n) is 45.0. The molecule has 16 heteroatoms. The highest BCUT2D eigenvalue weighted by atomic mass is 31.2. The molecule has 8 rings (SSSR count). The number of likely N-dealkylation sites (N-methyl/N-ethyl adjacent to an activating group) is 1. The van der Waals surface area contributed by atoms with Crippen LogP contribution in [0.2, 0.25) is 0 Å². The average molecular weight is 1060 g/mol. The molecule has 414 valence electrons. The molecule has 2 aromatic carbocycles. The fourth-order valence-corrected chi connectivity index (χ4v) is 14.9. The Balaban J connectivity index is 0.879. The number of rotatable bonds is 27. The van der Waals surface area contributed by atoms with Crippen molar-refractivity contribution in [3.05, 3.63) is 89.0 Å². The summed E-state index contributed by atoms with van der Waals surface area (Å²) in [6.07, 6.45) is 17.2. The normalized spacial score (nSPS) is 30.0. The summed E-state index contributed by atoms with van der Waals surface area (Å²) >= 11 is 0. The number of unbranched alkanes of at least 4 members (excludes halogenated alkanes) is 4. The van der Waals surface area contributed by atoms with Crippen LogP contribution in [0, 0.1) is 34.5 Å². The topological polar surface area (TPSA) is 207 Å². The van der Waals surface area contributed by atoms with Gasteiger partial charge in [-0.2, -0.15) is 0 Å². The number of quaternary nitrogens is 1. The predicted octanol–water partition coefficient (Wildman–Crippen LogP) is 8.80. The quantitative estimate of drug-likeness (QED) is 0.0245. The van der Waals surface area contributed by atoms with Crippen molar-refractivity contribution in [3.63, 3.8) is 0 Å². The van der Waals surface area contributed by atoms with Crippen LogP contribution in [0.1, 0.15) is 147 Å². The summed E-state index contributed by atoms with van der Waals surface area (Å²) in [5.74, 6) is -1.09. The minimum Gasteiger partial charge on any atom is -0.453 e. The molecular formula is C59H86N2O13P+. The first-order valence-electron chi connectivity index (χ1n) is 28.3. The summed E-state index contributed by atoms with van der Waals surface area (Å²) in [6, 6.07) is 15.2. The van der Waals surface area contributed by atoms with Gasteiger partial charge in [-0.05, 0) is 138 Å². The zero-order valence-corrected chi connectivity index (χ0v) is 45.9. The molecule has 5 fully saturated rings. The van der Waals surface area contributed by atoms with Gasteiger partial charge in [-0.3, -0.25) is 19.4 Å². The van der Waals surface area contributed by atoms with Gasteiger partial charge >= 0.3 is 13.8 Å². The van der Waals surface area contributed by atoms with Crippen LogP contribution in [-0.4, -0.2) is 119 Å². The smallest absolute Gasteiger partial charge is 0.453 e. The van der Waals surface area contributed by atoms with Gasteiger partial charge in [-0.1, -0.05) is 94.0 Å². The largest absolute Gasteiger partial charge is 0.524 e. The Kier molecular flexibility index (Phi) is 19.2. The van der Waals surface area contributed by atoms with Crippen LogP contribution < -0.4 is 9.84 Å². The molecule has 75 heavy (non-hydrogen) atoms. The van der Waals surface area contributed by atoms with Crippen LogP contribution in [0.4, 0.5) is 0 Å². The van der Waals surface area contributed by atoms with Gasteiger partial charge in [0.1, 0.15) is 12.3 Å². The Labute approximate surface area is 445 Å². The van der Waals surface area contributed by atoms with E-state index in [1.54, 1.807) is 24.3 Å². The minimum atomic E-state index is -4.99. The van der Waals surface area contributed by atoms with Gasteiger partial charge in [0.15, 0.2) is 30.8 Å². The van der Waals surface area contributed by atoms with Crippen molar-refractivity contribution >= 4 is 25.4 Å². The lowest BCUT2D eigenvalue weighted by molar-refractivity contribution is -0.931. The molecular weight excluding hydrogens is 976 g/mol. The summed E-state index contributed by atoms with van der Waals surface area (Å²) in [5, 5.41) is 26.9. The number of carbonyl (C=O) groups excluding carboxylic acids is 3. The number of aliphatic hydroxyl groups excluding tert-OH is 2. The number of Topliss-reactive ketones (excluding diaryl/α,β-unsaturated/α-hetero) is 1. The monoisotopic (exact) mass is 1060 g/mol. The minimum absolute atomic E-state index is 0.0294. The fraction of sp³-hybridized carbons (Fsp3) is 0.678. The molecule has 6 aliphatic rings. The molecule has 4 saturated carbocycles. The molecule has 0 unspecified atom stereocenters. The maximum absolute atomic E-state index is 15.2. The first-order chi connectivity index (χ1) is 35.9. The Morgan fingerprint density at radius 1 is 0.947 bits per heavy atom. The number of ketones is 2. The summed E-state index contributed by atoms with van der Waals surface area (Å²) in [7, 11) is -4.99.